The zero-order valence-corrected chi connectivity index (χ0v) is 14.1. The molecule has 2 rings (SSSR count). The summed E-state index contributed by atoms with van der Waals surface area (Å²) in [6, 6.07) is 6.98. The summed E-state index contributed by atoms with van der Waals surface area (Å²) < 4.78 is 27.3. The van der Waals surface area contributed by atoms with Gasteiger partial charge in [0.1, 0.15) is 5.75 Å². The highest BCUT2D eigenvalue weighted by Gasteiger charge is 2.30. The third kappa shape index (κ3) is 4.47. The molecule has 1 aliphatic rings. The molecule has 1 saturated carbocycles. The Balaban J connectivity index is 2.12. The first-order valence-corrected chi connectivity index (χ1v) is 9.37. The molecule has 1 amide bonds. The van der Waals surface area contributed by atoms with E-state index in [1.165, 1.54) is 0 Å². The van der Waals surface area contributed by atoms with Gasteiger partial charge in [-0.05, 0) is 44.4 Å². The van der Waals surface area contributed by atoms with Crippen LogP contribution in [0.25, 0.3) is 0 Å². The number of benzene rings is 1. The molecule has 0 aliphatic heterocycles. The van der Waals surface area contributed by atoms with E-state index in [1.54, 1.807) is 18.2 Å². The number of hydrogen-bond donors (Lipinski definition) is 0. The van der Waals surface area contributed by atoms with Crippen molar-refractivity contribution in [3.63, 3.8) is 0 Å². The number of amides is 1. The Labute approximate surface area is 132 Å². The van der Waals surface area contributed by atoms with Gasteiger partial charge in [0.2, 0.25) is 5.91 Å². The fraction of sp³-hybridized carbons (Fsp3) is 0.562. The zero-order valence-electron chi connectivity index (χ0n) is 13.3. The van der Waals surface area contributed by atoms with E-state index in [4.69, 9.17) is 4.18 Å². The van der Waals surface area contributed by atoms with Crippen molar-refractivity contribution in [2.75, 3.05) is 6.26 Å². The van der Waals surface area contributed by atoms with Gasteiger partial charge in [0.05, 0.1) is 6.26 Å². The predicted molar refractivity (Wildman–Crippen MR) is 84.9 cm³/mol. The number of hydrogen-bond acceptors (Lipinski definition) is 4. The quantitative estimate of drug-likeness (QED) is 0.754. The minimum Gasteiger partial charge on any atom is -0.383 e. The second-order valence-electron chi connectivity index (χ2n) is 6.12. The second-order valence-corrected chi connectivity index (χ2v) is 7.70. The molecule has 0 heterocycles. The van der Waals surface area contributed by atoms with Crippen molar-refractivity contribution in [2.24, 2.45) is 5.92 Å². The van der Waals surface area contributed by atoms with Crippen LogP contribution in [0.3, 0.4) is 0 Å². The molecule has 1 aromatic rings. The maximum absolute atomic E-state index is 12.5. The van der Waals surface area contributed by atoms with E-state index in [-0.39, 0.29) is 23.6 Å². The lowest BCUT2D eigenvalue weighted by atomic mass is 9.84. The molecule has 1 aromatic carbocycles. The average Bonchev–Trinajstić information content (AvgIpc) is 2.31. The lowest BCUT2D eigenvalue weighted by Gasteiger charge is -2.34. The van der Waals surface area contributed by atoms with Crippen molar-refractivity contribution >= 4 is 16.0 Å². The first-order valence-electron chi connectivity index (χ1n) is 7.55. The van der Waals surface area contributed by atoms with Crippen LogP contribution in [0.2, 0.25) is 0 Å². The molecule has 1 fully saturated rings. The smallest absolute Gasteiger partial charge is 0.306 e. The van der Waals surface area contributed by atoms with Gasteiger partial charge in [0.15, 0.2) is 0 Å². The summed E-state index contributed by atoms with van der Waals surface area (Å²) in [4.78, 5) is 14.3. The monoisotopic (exact) mass is 325 g/mol. The molecule has 0 radical (unpaired) electrons. The normalized spacial score (nSPS) is 15.5. The molecular formula is C16H23NO4S. The summed E-state index contributed by atoms with van der Waals surface area (Å²) in [6.07, 6.45) is 4.08. The average molecular weight is 325 g/mol. The lowest BCUT2D eigenvalue weighted by molar-refractivity contribution is -0.140. The van der Waals surface area contributed by atoms with Crippen LogP contribution < -0.4 is 4.18 Å². The summed E-state index contributed by atoms with van der Waals surface area (Å²) in [7, 11) is -3.54. The Bertz CT molecular complexity index is 635. The Kier molecular flexibility index (Phi) is 5.11. The Morgan fingerprint density at radius 1 is 1.36 bits per heavy atom. The molecule has 0 saturated heterocycles. The van der Waals surface area contributed by atoms with Gasteiger partial charge in [-0.25, -0.2) is 0 Å². The van der Waals surface area contributed by atoms with Crippen LogP contribution in [0.4, 0.5) is 0 Å². The molecule has 22 heavy (non-hydrogen) atoms. The molecule has 5 nitrogen and oxygen atoms in total. The summed E-state index contributed by atoms with van der Waals surface area (Å²) in [6.45, 7) is 4.45. The van der Waals surface area contributed by atoms with Crippen molar-refractivity contribution < 1.29 is 17.4 Å². The van der Waals surface area contributed by atoms with E-state index < -0.39 is 10.1 Å². The van der Waals surface area contributed by atoms with E-state index in [0.717, 1.165) is 31.1 Å². The maximum Gasteiger partial charge on any atom is 0.306 e. The summed E-state index contributed by atoms with van der Waals surface area (Å²) in [5.41, 5.74) is 0.863. The maximum atomic E-state index is 12.5. The summed E-state index contributed by atoms with van der Waals surface area (Å²) in [5, 5.41) is 0. The highest BCUT2D eigenvalue weighted by molar-refractivity contribution is 7.86. The van der Waals surface area contributed by atoms with E-state index >= 15 is 0 Å². The Morgan fingerprint density at radius 3 is 2.55 bits per heavy atom. The van der Waals surface area contributed by atoms with Crippen LogP contribution in [0.15, 0.2) is 24.3 Å². The van der Waals surface area contributed by atoms with Crippen molar-refractivity contribution in [1.29, 1.82) is 0 Å². The number of nitrogens with zero attached hydrogens (tertiary/aromatic N) is 1. The highest BCUT2D eigenvalue weighted by atomic mass is 32.2. The van der Waals surface area contributed by atoms with Crippen molar-refractivity contribution in [1.82, 2.24) is 4.90 Å². The largest absolute Gasteiger partial charge is 0.383 e. The molecule has 122 valence electrons. The van der Waals surface area contributed by atoms with Crippen LogP contribution in [0, 0.1) is 5.92 Å². The Morgan fingerprint density at radius 2 is 2.05 bits per heavy atom. The summed E-state index contributed by atoms with van der Waals surface area (Å²) >= 11 is 0. The fourth-order valence-electron chi connectivity index (χ4n) is 2.47. The molecule has 6 heteroatoms. The van der Waals surface area contributed by atoms with Crippen molar-refractivity contribution in [3.8, 4) is 5.75 Å². The third-order valence-corrected chi connectivity index (χ3v) is 4.36. The van der Waals surface area contributed by atoms with Gasteiger partial charge in [-0.2, -0.15) is 8.42 Å². The molecule has 0 unspecified atom stereocenters. The molecule has 0 bridgehead atoms. The van der Waals surface area contributed by atoms with Gasteiger partial charge in [-0.15, -0.1) is 0 Å². The number of rotatable bonds is 6. The van der Waals surface area contributed by atoms with Crippen LogP contribution in [0.1, 0.15) is 38.7 Å². The van der Waals surface area contributed by atoms with Gasteiger partial charge >= 0.3 is 10.1 Å². The van der Waals surface area contributed by atoms with E-state index in [2.05, 4.69) is 0 Å². The van der Waals surface area contributed by atoms with Gasteiger partial charge in [0, 0.05) is 18.5 Å². The van der Waals surface area contributed by atoms with Gasteiger partial charge < -0.3 is 9.08 Å². The molecule has 1 aliphatic carbocycles. The van der Waals surface area contributed by atoms with Crippen molar-refractivity contribution in [3.05, 3.63) is 29.8 Å². The predicted octanol–water partition coefficient (Wildman–Crippen LogP) is 2.56. The lowest BCUT2D eigenvalue weighted by Crippen LogP contribution is -2.42. The van der Waals surface area contributed by atoms with Crippen molar-refractivity contribution in [2.45, 2.75) is 45.7 Å². The molecular weight excluding hydrogens is 302 g/mol. The van der Waals surface area contributed by atoms with E-state index in [0.29, 0.717) is 6.54 Å². The number of carbonyl (C=O) groups is 1. The summed E-state index contributed by atoms with van der Waals surface area (Å²) in [5.74, 6) is 0.619. The van der Waals surface area contributed by atoms with Crippen LogP contribution in [-0.4, -0.2) is 31.5 Å². The van der Waals surface area contributed by atoms with E-state index in [9.17, 15) is 13.2 Å². The third-order valence-electron chi connectivity index (χ3n) is 3.86. The van der Waals surface area contributed by atoms with Crippen LogP contribution in [0.5, 0.6) is 5.75 Å². The fourth-order valence-corrected chi connectivity index (χ4v) is 2.93. The zero-order chi connectivity index (χ0) is 16.3. The SMILES string of the molecule is CC(C)N(Cc1cccc(OS(C)(=O)=O)c1)C(=O)C1CCC1. The molecule has 0 atom stereocenters. The molecule has 0 spiro atoms. The van der Waals surface area contributed by atoms with Gasteiger partial charge in [-0.1, -0.05) is 18.6 Å². The molecule has 0 N–H and O–H groups in total. The first kappa shape index (κ1) is 16.8. The van der Waals surface area contributed by atoms with Crippen LogP contribution in [-0.2, 0) is 21.5 Å². The van der Waals surface area contributed by atoms with Crippen LogP contribution >= 0.6 is 0 Å². The molecule has 0 aromatic heterocycles. The highest BCUT2D eigenvalue weighted by Crippen LogP contribution is 2.29. The van der Waals surface area contributed by atoms with Gasteiger partial charge in [0.25, 0.3) is 0 Å². The Hall–Kier alpha value is -1.56. The minimum absolute atomic E-state index is 0.104. The standard InChI is InChI=1S/C16H23NO4S/c1-12(2)17(16(18)14-7-5-8-14)11-13-6-4-9-15(10-13)21-22(3,19)20/h4,6,9-10,12,14H,5,7-8,11H2,1-3H3. The topological polar surface area (TPSA) is 63.7 Å². The van der Waals surface area contributed by atoms with Gasteiger partial charge in [-0.3, -0.25) is 4.79 Å². The second kappa shape index (κ2) is 6.69. The first-order chi connectivity index (χ1) is 10.3. The minimum atomic E-state index is -3.54. The number of carbonyl (C=O) groups excluding carboxylic acids is 1. The van der Waals surface area contributed by atoms with E-state index in [1.807, 2.05) is 24.8 Å².